The topological polar surface area (TPSA) is 93.5 Å². The summed E-state index contributed by atoms with van der Waals surface area (Å²) < 4.78 is 21.8. The molecule has 4 aromatic rings. The Morgan fingerprint density at radius 1 is 1.16 bits per heavy atom. The Kier molecular flexibility index (Phi) is 6.86. The van der Waals surface area contributed by atoms with Crippen LogP contribution in [0.5, 0.6) is 0 Å². The number of fused-ring (bicyclic) bond motifs is 1. The molecule has 0 bridgehead atoms. The summed E-state index contributed by atoms with van der Waals surface area (Å²) in [5, 5.41) is 13.3. The quantitative estimate of drug-likeness (QED) is 0.435. The van der Waals surface area contributed by atoms with E-state index in [-0.39, 0.29) is 35.2 Å². The third kappa shape index (κ3) is 5.16. The standard InChI is InChI=1S/C29H28FN3O4/c1-17-10-18(2)12-21(11-17)19-5-6-20(24(30)13-19)14-33-15-23(27-22(29(33)36)4-3-8-31-27)28(35)32-25-7-9-37-16-26(25)34/h3-6,8,10-13,15,25-26,34H,7,9,14,16H2,1-2H3,(H,32,35)/t25-,26-/m0/s1. The fourth-order valence-electron chi connectivity index (χ4n) is 4.82. The number of carbonyl (C=O) groups is 1. The zero-order chi connectivity index (χ0) is 26.1. The van der Waals surface area contributed by atoms with Gasteiger partial charge in [0, 0.05) is 24.6 Å². The zero-order valence-electron chi connectivity index (χ0n) is 20.7. The SMILES string of the molecule is Cc1cc(C)cc(-c2ccc(Cn3cc(C(=O)N[C@H]4CCOC[C@@H]4O)c4ncccc4c3=O)c(F)c2)c1. The number of ether oxygens (including phenoxy) is 1. The minimum absolute atomic E-state index is 0.0528. The lowest BCUT2D eigenvalue weighted by molar-refractivity contribution is -0.0260. The second-order valence-corrected chi connectivity index (χ2v) is 9.57. The molecule has 190 valence electrons. The van der Waals surface area contributed by atoms with E-state index >= 15 is 4.39 Å². The fraction of sp³-hybridized carbons (Fsp3) is 0.276. The Morgan fingerprint density at radius 3 is 2.68 bits per heavy atom. The molecular weight excluding hydrogens is 473 g/mol. The van der Waals surface area contributed by atoms with Crippen molar-refractivity contribution in [2.75, 3.05) is 13.2 Å². The highest BCUT2D eigenvalue weighted by atomic mass is 19.1. The van der Waals surface area contributed by atoms with E-state index in [9.17, 15) is 14.7 Å². The summed E-state index contributed by atoms with van der Waals surface area (Å²) in [6, 6.07) is 13.8. The van der Waals surface area contributed by atoms with Crippen LogP contribution in [0.1, 0.15) is 33.5 Å². The molecule has 2 aromatic heterocycles. The van der Waals surface area contributed by atoms with Crippen LogP contribution in [0.2, 0.25) is 0 Å². The van der Waals surface area contributed by atoms with Crippen molar-refractivity contribution in [2.45, 2.75) is 39.0 Å². The van der Waals surface area contributed by atoms with Gasteiger partial charge in [-0.05, 0) is 49.6 Å². The summed E-state index contributed by atoms with van der Waals surface area (Å²) in [6.45, 7) is 4.51. The number of aryl methyl sites for hydroxylation is 2. The number of aliphatic hydroxyl groups excluding tert-OH is 1. The molecule has 1 amide bonds. The summed E-state index contributed by atoms with van der Waals surface area (Å²) in [5.74, 6) is -0.903. The van der Waals surface area contributed by atoms with Gasteiger partial charge in [-0.3, -0.25) is 14.6 Å². The number of amides is 1. The van der Waals surface area contributed by atoms with E-state index in [2.05, 4.69) is 16.4 Å². The second-order valence-electron chi connectivity index (χ2n) is 9.57. The van der Waals surface area contributed by atoms with Gasteiger partial charge in [0.05, 0.1) is 41.8 Å². The van der Waals surface area contributed by atoms with Crippen molar-refractivity contribution < 1.29 is 19.0 Å². The smallest absolute Gasteiger partial charge is 0.260 e. The van der Waals surface area contributed by atoms with Crippen LogP contribution in [0.3, 0.4) is 0 Å². The highest BCUT2D eigenvalue weighted by molar-refractivity contribution is 6.05. The lowest BCUT2D eigenvalue weighted by atomic mass is 9.99. The Labute approximate surface area is 213 Å². The van der Waals surface area contributed by atoms with Gasteiger partial charge >= 0.3 is 0 Å². The highest BCUT2D eigenvalue weighted by Gasteiger charge is 2.27. The highest BCUT2D eigenvalue weighted by Crippen LogP contribution is 2.25. The van der Waals surface area contributed by atoms with E-state index in [1.165, 1.54) is 23.0 Å². The monoisotopic (exact) mass is 501 g/mol. The van der Waals surface area contributed by atoms with Gasteiger partial charge in [-0.1, -0.05) is 41.5 Å². The number of nitrogens with zero attached hydrogens (tertiary/aromatic N) is 2. The first kappa shape index (κ1) is 24.8. The molecule has 8 heteroatoms. The molecule has 0 unspecified atom stereocenters. The predicted octanol–water partition coefficient (Wildman–Crippen LogP) is 3.75. The average molecular weight is 502 g/mol. The number of halogens is 1. The molecule has 0 saturated carbocycles. The Morgan fingerprint density at radius 2 is 1.95 bits per heavy atom. The van der Waals surface area contributed by atoms with Gasteiger partial charge in [-0.15, -0.1) is 0 Å². The number of carbonyl (C=O) groups excluding carboxylic acids is 1. The molecule has 1 aliphatic heterocycles. The maximum atomic E-state index is 15.2. The largest absolute Gasteiger partial charge is 0.389 e. The van der Waals surface area contributed by atoms with Crippen molar-refractivity contribution in [3.05, 3.63) is 99.3 Å². The van der Waals surface area contributed by atoms with Gasteiger partial charge in [0.25, 0.3) is 11.5 Å². The third-order valence-corrected chi connectivity index (χ3v) is 6.68. The van der Waals surface area contributed by atoms with E-state index in [1.807, 2.05) is 32.0 Å². The van der Waals surface area contributed by atoms with E-state index in [1.54, 1.807) is 18.2 Å². The first-order valence-electron chi connectivity index (χ1n) is 12.2. The van der Waals surface area contributed by atoms with Crippen LogP contribution in [0.4, 0.5) is 4.39 Å². The van der Waals surface area contributed by atoms with E-state index < -0.39 is 23.9 Å². The number of benzene rings is 2. The summed E-state index contributed by atoms with van der Waals surface area (Å²) in [4.78, 5) is 30.7. The number of hydrogen-bond donors (Lipinski definition) is 2. The minimum Gasteiger partial charge on any atom is -0.389 e. The van der Waals surface area contributed by atoms with Crippen LogP contribution in [0, 0.1) is 19.7 Å². The molecule has 1 fully saturated rings. The van der Waals surface area contributed by atoms with Crippen LogP contribution < -0.4 is 10.9 Å². The van der Waals surface area contributed by atoms with Gasteiger partial charge in [0.2, 0.25) is 0 Å². The average Bonchev–Trinajstić information content (AvgIpc) is 2.87. The number of aliphatic hydroxyl groups is 1. The number of rotatable bonds is 5. The Balaban J connectivity index is 1.49. The molecule has 1 aliphatic rings. The number of pyridine rings is 2. The lowest BCUT2D eigenvalue weighted by Gasteiger charge is -2.28. The lowest BCUT2D eigenvalue weighted by Crippen LogP contribution is -2.48. The number of hydrogen-bond acceptors (Lipinski definition) is 5. The number of nitrogens with one attached hydrogen (secondary N) is 1. The van der Waals surface area contributed by atoms with Crippen molar-refractivity contribution in [2.24, 2.45) is 0 Å². The van der Waals surface area contributed by atoms with Crippen molar-refractivity contribution in [3.63, 3.8) is 0 Å². The van der Waals surface area contributed by atoms with Crippen LogP contribution in [-0.2, 0) is 11.3 Å². The molecule has 7 nitrogen and oxygen atoms in total. The fourth-order valence-corrected chi connectivity index (χ4v) is 4.82. The molecule has 2 atom stereocenters. The van der Waals surface area contributed by atoms with Crippen LogP contribution in [0.25, 0.3) is 22.0 Å². The maximum Gasteiger partial charge on any atom is 0.260 e. The first-order valence-corrected chi connectivity index (χ1v) is 12.2. The van der Waals surface area contributed by atoms with Gasteiger partial charge in [-0.2, -0.15) is 0 Å². The third-order valence-electron chi connectivity index (χ3n) is 6.68. The number of aromatic nitrogens is 2. The molecule has 1 saturated heterocycles. The molecule has 5 rings (SSSR count). The van der Waals surface area contributed by atoms with Crippen LogP contribution >= 0.6 is 0 Å². The molecule has 2 N–H and O–H groups in total. The minimum atomic E-state index is -0.826. The van der Waals surface area contributed by atoms with Crippen LogP contribution in [-0.4, -0.2) is 45.9 Å². The summed E-state index contributed by atoms with van der Waals surface area (Å²) in [7, 11) is 0. The predicted molar refractivity (Wildman–Crippen MR) is 139 cm³/mol. The summed E-state index contributed by atoms with van der Waals surface area (Å²) in [5.41, 5.74) is 4.25. The van der Waals surface area contributed by atoms with E-state index in [0.717, 1.165) is 22.3 Å². The molecular formula is C29H28FN3O4. The molecule has 0 radical (unpaired) electrons. The summed E-state index contributed by atoms with van der Waals surface area (Å²) in [6.07, 6.45) is 2.57. The molecule has 0 spiro atoms. The van der Waals surface area contributed by atoms with Gasteiger partial charge in [0.1, 0.15) is 5.82 Å². The van der Waals surface area contributed by atoms with Crippen molar-refractivity contribution in [1.29, 1.82) is 0 Å². The molecule has 37 heavy (non-hydrogen) atoms. The van der Waals surface area contributed by atoms with Crippen LogP contribution in [0.15, 0.2) is 65.7 Å². The van der Waals surface area contributed by atoms with Gasteiger partial charge in [-0.25, -0.2) is 4.39 Å². The Hall–Kier alpha value is -3.88. The zero-order valence-corrected chi connectivity index (χ0v) is 20.7. The Bertz CT molecular complexity index is 1530. The summed E-state index contributed by atoms with van der Waals surface area (Å²) >= 11 is 0. The molecule has 3 heterocycles. The van der Waals surface area contributed by atoms with Crippen molar-refractivity contribution in [3.8, 4) is 11.1 Å². The second kappa shape index (κ2) is 10.2. The normalized spacial score (nSPS) is 17.6. The van der Waals surface area contributed by atoms with Crippen molar-refractivity contribution >= 4 is 16.8 Å². The van der Waals surface area contributed by atoms with Gasteiger partial charge < -0.3 is 19.7 Å². The first-order chi connectivity index (χ1) is 17.8. The molecule has 2 aromatic carbocycles. The molecule has 0 aliphatic carbocycles. The van der Waals surface area contributed by atoms with Gasteiger partial charge in [0.15, 0.2) is 0 Å². The maximum absolute atomic E-state index is 15.2. The van der Waals surface area contributed by atoms with Crippen molar-refractivity contribution in [1.82, 2.24) is 14.9 Å². The van der Waals surface area contributed by atoms with E-state index in [4.69, 9.17) is 4.74 Å². The van der Waals surface area contributed by atoms with E-state index in [0.29, 0.717) is 18.6 Å².